The first-order valence-electron chi connectivity index (χ1n) is 7.57. The lowest BCUT2D eigenvalue weighted by atomic mass is 9.99. The number of rotatable bonds is 6. The van der Waals surface area contributed by atoms with Gasteiger partial charge in [-0.15, -0.1) is 0 Å². The average molecular weight is 320 g/mol. The van der Waals surface area contributed by atoms with Gasteiger partial charge in [-0.2, -0.15) is 17.0 Å². The molecule has 2 fully saturated rings. The number of aliphatic hydroxyl groups excluding tert-OH is 1. The molecule has 7 nitrogen and oxygen atoms in total. The van der Waals surface area contributed by atoms with Crippen LogP contribution in [0.1, 0.15) is 38.5 Å². The standard InChI is InChI=1S/C13H24N2O5S/c16-10-2-4-12-3-1-7-15(12)21(19,20)14-8-5-11(6-9-14)13(17)18/h11-12,16H,1-10H2,(H,17,18). The van der Waals surface area contributed by atoms with Crippen molar-refractivity contribution in [2.24, 2.45) is 5.92 Å². The van der Waals surface area contributed by atoms with Gasteiger partial charge in [-0.1, -0.05) is 0 Å². The first-order chi connectivity index (χ1) is 9.96. The van der Waals surface area contributed by atoms with Gasteiger partial charge in [0.25, 0.3) is 10.2 Å². The van der Waals surface area contributed by atoms with Crippen molar-refractivity contribution in [1.29, 1.82) is 0 Å². The molecule has 0 aromatic rings. The largest absolute Gasteiger partial charge is 0.481 e. The number of aliphatic hydroxyl groups is 1. The Balaban J connectivity index is 1.99. The number of hydrogen-bond acceptors (Lipinski definition) is 4. The molecule has 2 saturated heterocycles. The molecule has 2 aliphatic rings. The van der Waals surface area contributed by atoms with Gasteiger partial charge in [-0.25, -0.2) is 0 Å². The summed E-state index contributed by atoms with van der Waals surface area (Å²) in [6.07, 6.45) is 3.73. The monoisotopic (exact) mass is 320 g/mol. The van der Waals surface area contributed by atoms with Crippen molar-refractivity contribution in [3.63, 3.8) is 0 Å². The van der Waals surface area contributed by atoms with Gasteiger partial charge in [-0.3, -0.25) is 4.79 Å². The second kappa shape index (κ2) is 7.04. The number of hydrogen-bond donors (Lipinski definition) is 2. The summed E-state index contributed by atoms with van der Waals surface area (Å²) in [5.74, 6) is -1.27. The third-order valence-corrected chi connectivity index (χ3v) is 6.54. The molecule has 2 heterocycles. The molecule has 0 bridgehead atoms. The summed E-state index contributed by atoms with van der Waals surface area (Å²) in [5.41, 5.74) is 0. The first-order valence-corrected chi connectivity index (χ1v) is 8.97. The highest BCUT2D eigenvalue weighted by Gasteiger charge is 2.39. The lowest BCUT2D eigenvalue weighted by Gasteiger charge is -2.34. The molecule has 0 saturated carbocycles. The van der Waals surface area contributed by atoms with Crippen LogP contribution >= 0.6 is 0 Å². The van der Waals surface area contributed by atoms with E-state index in [4.69, 9.17) is 10.2 Å². The number of nitrogens with zero attached hydrogens (tertiary/aromatic N) is 2. The number of carboxylic acid groups (broad SMARTS) is 1. The van der Waals surface area contributed by atoms with E-state index in [1.165, 1.54) is 4.31 Å². The molecule has 2 aliphatic heterocycles. The molecule has 1 unspecified atom stereocenters. The fourth-order valence-corrected chi connectivity index (χ4v) is 5.13. The van der Waals surface area contributed by atoms with Crippen LogP contribution in [0.5, 0.6) is 0 Å². The van der Waals surface area contributed by atoms with Crippen molar-refractivity contribution < 1.29 is 23.4 Å². The zero-order valence-electron chi connectivity index (χ0n) is 12.1. The van der Waals surface area contributed by atoms with E-state index in [1.54, 1.807) is 4.31 Å². The van der Waals surface area contributed by atoms with Crippen LogP contribution in [0.15, 0.2) is 0 Å². The number of aliphatic carboxylic acids is 1. The summed E-state index contributed by atoms with van der Waals surface area (Å²) >= 11 is 0. The van der Waals surface area contributed by atoms with Crippen molar-refractivity contribution in [2.75, 3.05) is 26.2 Å². The molecular formula is C13H24N2O5S. The van der Waals surface area contributed by atoms with E-state index < -0.39 is 22.1 Å². The van der Waals surface area contributed by atoms with E-state index in [9.17, 15) is 13.2 Å². The molecule has 0 spiro atoms. The fraction of sp³-hybridized carbons (Fsp3) is 0.923. The number of piperidine rings is 1. The molecule has 0 radical (unpaired) electrons. The number of carboxylic acids is 1. The second-order valence-corrected chi connectivity index (χ2v) is 7.67. The molecule has 122 valence electrons. The van der Waals surface area contributed by atoms with Gasteiger partial charge in [0.2, 0.25) is 0 Å². The summed E-state index contributed by atoms with van der Waals surface area (Å²) in [5, 5.41) is 17.9. The van der Waals surface area contributed by atoms with Crippen molar-refractivity contribution in [3.05, 3.63) is 0 Å². The summed E-state index contributed by atoms with van der Waals surface area (Å²) in [6, 6.07) is -0.0284. The highest BCUT2D eigenvalue weighted by atomic mass is 32.2. The zero-order chi connectivity index (χ0) is 15.5. The Morgan fingerprint density at radius 1 is 1.14 bits per heavy atom. The Bertz CT molecular complexity index is 459. The lowest BCUT2D eigenvalue weighted by Crippen LogP contribution is -2.49. The predicted molar refractivity (Wildman–Crippen MR) is 76.9 cm³/mol. The van der Waals surface area contributed by atoms with Gasteiger partial charge in [0.15, 0.2) is 0 Å². The Kier molecular flexibility index (Phi) is 5.59. The molecule has 0 aliphatic carbocycles. The highest BCUT2D eigenvalue weighted by molar-refractivity contribution is 7.86. The summed E-state index contributed by atoms with van der Waals surface area (Å²) in [6.45, 7) is 1.16. The first kappa shape index (κ1) is 16.7. The SMILES string of the molecule is O=C(O)C1CCN(S(=O)(=O)N2CCCC2CCCO)CC1. The average Bonchev–Trinajstić information content (AvgIpc) is 2.94. The zero-order valence-corrected chi connectivity index (χ0v) is 13.0. The van der Waals surface area contributed by atoms with Crippen LogP contribution in [0.25, 0.3) is 0 Å². The van der Waals surface area contributed by atoms with Gasteiger partial charge >= 0.3 is 5.97 Å². The van der Waals surface area contributed by atoms with Crippen LogP contribution in [-0.4, -0.2) is 65.5 Å². The summed E-state index contributed by atoms with van der Waals surface area (Å²) in [4.78, 5) is 10.9. The normalized spacial score (nSPS) is 26.2. The maximum absolute atomic E-state index is 12.7. The highest BCUT2D eigenvalue weighted by Crippen LogP contribution is 2.29. The molecule has 8 heteroatoms. The van der Waals surface area contributed by atoms with E-state index in [1.807, 2.05) is 0 Å². The second-order valence-electron chi connectivity index (χ2n) is 5.79. The minimum Gasteiger partial charge on any atom is -0.481 e. The molecule has 2 rings (SSSR count). The van der Waals surface area contributed by atoms with Gasteiger partial charge in [0.1, 0.15) is 0 Å². The van der Waals surface area contributed by atoms with E-state index in [0.29, 0.717) is 32.2 Å². The third kappa shape index (κ3) is 3.74. The molecule has 0 amide bonds. The van der Waals surface area contributed by atoms with Gasteiger partial charge in [-0.05, 0) is 38.5 Å². The topological polar surface area (TPSA) is 98.2 Å². The summed E-state index contributed by atoms with van der Waals surface area (Å²) in [7, 11) is -3.50. The Hall–Kier alpha value is -0.700. The summed E-state index contributed by atoms with van der Waals surface area (Å²) < 4.78 is 28.3. The van der Waals surface area contributed by atoms with Crippen molar-refractivity contribution >= 4 is 16.2 Å². The number of carbonyl (C=O) groups is 1. The van der Waals surface area contributed by atoms with E-state index in [2.05, 4.69) is 0 Å². The third-order valence-electron chi connectivity index (χ3n) is 4.44. The van der Waals surface area contributed by atoms with Crippen LogP contribution in [-0.2, 0) is 15.0 Å². The van der Waals surface area contributed by atoms with Crippen LogP contribution < -0.4 is 0 Å². The Morgan fingerprint density at radius 3 is 2.38 bits per heavy atom. The molecule has 0 aromatic carbocycles. The maximum atomic E-state index is 12.7. The maximum Gasteiger partial charge on any atom is 0.306 e. The minimum atomic E-state index is -3.50. The Labute approximate surface area is 125 Å². The van der Waals surface area contributed by atoms with Crippen LogP contribution in [0.2, 0.25) is 0 Å². The minimum absolute atomic E-state index is 0.0284. The molecule has 1 atom stereocenters. The Morgan fingerprint density at radius 2 is 1.81 bits per heavy atom. The quantitative estimate of drug-likeness (QED) is 0.732. The smallest absolute Gasteiger partial charge is 0.306 e. The van der Waals surface area contributed by atoms with Crippen molar-refractivity contribution in [1.82, 2.24) is 8.61 Å². The van der Waals surface area contributed by atoms with E-state index in [-0.39, 0.29) is 25.7 Å². The van der Waals surface area contributed by atoms with Crippen molar-refractivity contribution in [3.8, 4) is 0 Å². The van der Waals surface area contributed by atoms with Crippen LogP contribution in [0.3, 0.4) is 0 Å². The van der Waals surface area contributed by atoms with E-state index in [0.717, 1.165) is 12.8 Å². The van der Waals surface area contributed by atoms with Crippen LogP contribution in [0, 0.1) is 5.92 Å². The van der Waals surface area contributed by atoms with Gasteiger partial charge < -0.3 is 10.2 Å². The predicted octanol–water partition coefficient (Wildman–Crippen LogP) is 0.265. The van der Waals surface area contributed by atoms with E-state index >= 15 is 0 Å². The van der Waals surface area contributed by atoms with Gasteiger partial charge in [0.05, 0.1) is 5.92 Å². The molecule has 21 heavy (non-hydrogen) atoms. The van der Waals surface area contributed by atoms with Crippen molar-refractivity contribution in [2.45, 2.75) is 44.6 Å². The van der Waals surface area contributed by atoms with Crippen LogP contribution in [0.4, 0.5) is 0 Å². The lowest BCUT2D eigenvalue weighted by molar-refractivity contribution is -0.142. The molecule has 2 N–H and O–H groups in total. The molecule has 0 aromatic heterocycles. The molecular weight excluding hydrogens is 296 g/mol. The fourth-order valence-electron chi connectivity index (χ4n) is 3.21. The van der Waals surface area contributed by atoms with Gasteiger partial charge in [0, 0.05) is 32.3 Å².